The van der Waals surface area contributed by atoms with Crippen LogP contribution in [0.1, 0.15) is 31.9 Å². The fraction of sp³-hybridized carbons (Fsp3) is 0.269. The van der Waals surface area contributed by atoms with E-state index in [1.54, 1.807) is 45.0 Å². The molecular weight excluding hydrogens is 549 g/mol. The van der Waals surface area contributed by atoms with E-state index in [9.17, 15) is 19.5 Å². The van der Waals surface area contributed by atoms with Gasteiger partial charge in [0.05, 0.1) is 11.7 Å². The number of carbonyl (C=O) groups is 2. The number of carboxylic acids is 1. The maximum Gasteiger partial charge on any atom is 0.420 e. The summed E-state index contributed by atoms with van der Waals surface area (Å²) in [6.45, 7) is 4.76. The lowest BCUT2D eigenvalue weighted by Crippen LogP contribution is -2.27. The molecule has 0 fully saturated rings. The second-order valence-electron chi connectivity index (χ2n) is 9.62. The minimum absolute atomic E-state index is 0.0193. The van der Waals surface area contributed by atoms with Crippen LogP contribution in [0.3, 0.4) is 0 Å². The number of anilines is 3. The van der Waals surface area contributed by atoms with E-state index in [1.807, 2.05) is 12.1 Å². The van der Waals surface area contributed by atoms with Crippen LogP contribution in [-0.4, -0.2) is 37.3 Å². The van der Waals surface area contributed by atoms with Crippen molar-refractivity contribution in [1.29, 1.82) is 0 Å². The highest BCUT2D eigenvalue weighted by molar-refractivity contribution is 6.33. The first-order valence-electron chi connectivity index (χ1n) is 11.8. The summed E-state index contributed by atoms with van der Waals surface area (Å²) in [5.74, 6) is -1.75. The van der Waals surface area contributed by atoms with Crippen molar-refractivity contribution in [2.45, 2.75) is 45.8 Å². The van der Waals surface area contributed by atoms with Crippen molar-refractivity contribution in [2.75, 3.05) is 10.6 Å². The molecule has 4 rings (SSSR count). The van der Waals surface area contributed by atoms with Gasteiger partial charge >= 0.3 is 17.8 Å². The Hall–Kier alpha value is -4.09. The Labute approximate surface area is 232 Å². The van der Waals surface area contributed by atoms with E-state index in [1.165, 1.54) is 6.20 Å². The number of carboxylic acid groups (broad SMARTS) is 1. The molecule has 204 valence electrons. The highest BCUT2D eigenvalue weighted by Gasteiger charge is 2.19. The molecule has 11 nitrogen and oxygen atoms in total. The molecule has 2 heterocycles. The number of amides is 1. The van der Waals surface area contributed by atoms with Crippen LogP contribution in [0, 0.1) is 0 Å². The van der Waals surface area contributed by atoms with E-state index in [-0.39, 0.29) is 21.7 Å². The number of benzene rings is 2. The number of aliphatic carboxylic acids is 1. The van der Waals surface area contributed by atoms with Gasteiger partial charge in [-0.05, 0) is 80.6 Å². The fourth-order valence-corrected chi connectivity index (χ4v) is 4.12. The van der Waals surface area contributed by atoms with Gasteiger partial charge in [-0.3, -0.25) is 14.7 Å². The molecule has 0 bridgehead atoms. The summed E-state index contributed by atoms with van der Waals surface area (Å²) in [6, 6.07) is 10.6. The highest BCUT2D eigenvalue weighted by atomic mass is 35.5. The van der Waals surface area contributed by atoms with Gasteiger partial charge in [-0.15, -0.1) is 0 Å². The van der Waals surface area contributed by atoms with Crippen molar-refractivity contribution < 1.29 is 23.8 Å². The maximum atomic E-state index is 12.5. The second kappa shape index (κ2) is 11.3. The van der Waals surface area contributed by atoms with Crippen LogP contribution >= 0.6 is 23.2 Å². The third-order valence-corrected chi connectivity index (χ3v) is 5.83. The standard InChI is InChI=1S/C26H25Cl2N5O6/c1-26(2,3)39-24(36)31-16-6-4-5-14(9-16)7-8-15-10-17(30-22-18(27)12-29-23(28)32-22)11-19-21(15)38-25(37)33(19)13-20(34)35/h4-6,9-12H,7-8,13H2,1-3H3,(H,31,36)(H,34,35)(H,29,30,32). The number of hydrogen-bond donors (Lipinski definition) is 3. The SMILES string of the molecule is CC(C)(C)OC(=O)Nc1cccc(CCc2cc(Nc3nc(Cl)ncc3Cl)cc3c2oc(=O)n3CC(=O)O)c1. The lowest BCUT2D eigenvalue weighted by atomic mass is 10.0. The van der Waals surface area contributed by atoms with Crippen LogP contribution in [0.15, 0.2) is 51.8 Å². The Morgan fingerprint density at radius 1 is 1.13 bits per heavy atom. The number of fused-ring (bicyclic) bond motifs is 1. The van der Waals surface area contributed by atoms with Crippen LogP contribution in [0.25, 0.3) is 11.1 Å². The largest absolute Gasteiger partial charge is 0.480 e. The molecule has 39 heavy (non-hydrogen) atoms. The van der Waals surface area contributed by atoms with Gasteiger partial charge in [0.15, 0.2) is 11.4 Å². The lowest BCUT2D eigenvalue weighted by molar-refractivity contribution is -0.137. The summed E-state index contributed by atoms with van der Waals surface area (Å²) in [7, 11) is 0. The normalized spacial score (nSPS) is 11.4. The minimum atomic E-state index is -1.19. The molecule has 0 spiro atoms. The minimum Gasteiger partial charge on any atom is -0.480 e. The Kier molecular flexibility index (Phi) is 8.12. The third-order valence-electron chi connectivity index (χ3n) is 5.37. The average Bonchev–Trinajstić information content (AvgIpc) is 3.13. The van der Waals surface area contributed by atoms with Crippen LogP contribution in [-0.2, 0) is 28.9 Å². The maximum absolute atomic E-state index is 12.5. The summed E-state index contributed by atoms with van der Waals surface area (Å²) < 4.78 is 11.8. The molecule has 0 saturated carbocycles. The Morgan fingerprint density at radius 3 is 2.62 bits per heavy atom. The fourth-order valence-electron chi connectivity index (χ4n) is 3.85. The van der Waals surface area contributed by atoms with E-state index in [2.05, 4.69) is 20.6 Å². The van der Waals surface area contributed by atoms with Crippen LogP contribution in [0.5, 0.6) is 0 Å². The summed E-state index contributed by atoms with van der Waals surface area (Å²) in [5, 5.41) is 15.3. The number of halogens is 2. The number of carbonyl (C=O) groups excluding carboxylic acids is 1. The smallest absolute Gasteiger partial charge is 0.420 e. The van der Waals surface area contributed by atoms with E-state index < -0.39 is 30.0 Å². The van der Waals surface area contributed by atoms with Crippen molar-refractivity contribution in [3.05, 3.63) is 74.6 Å². The number of nitrogens with zero attached hydrogens (tertiary/aromatic N) is 3. The molecule has 0 atom stereocenters. The monoisotopic (exact) mass is 573 g/mol. The summed E-state index contributed by atoms with van der Waals surface area (Å²) in [4.78, 5) is 44.0. The zero-order valence-corrected chi connectivity index (χ0v) is 22.8. The van der Waals surface area contributed by atoms with Gasteiger partial charge in [-0.2, -0.15) is 4.98 Å². The first-order chi connectivity index (χ1) is 18.4. The summed E-state index contributed by atoms with van der Waals surface area (Å²) in [5.41, 5.74) is 2.51. The van der Waals surface area contributed by atoms with E-state index >= 15 is 0 Å². The van der Waals surface area contributed by atoms with Crippen LogP contribution in [0.4, 0.5) is 22.0 Å². The van der Waals surface area contributed by atoms with Crippen molar-refractivity contribution in [2.24, 2.45) is 0 Å². The van der Waals surface area contributed by atoms with Crippen molar-refractivity contribution in [3.8, 4) is 0 Å². The number of hydrogen-bond acceptors (Lipinski definition) is 8. The van der Waals surface area contributed by atoms with Gasteiger partial charge in [-0.25, -0.2) is 14.6 Å². The first kappa shape index (κ1) is 27.9. The summed E-state index contributed by atoms with van der Waals surface area (Å²) >= 11 is 12.1. The van der Waals surface area contributed by atoms with Gasteiger partial charge in [0.2, 0.25) is 5.28 Å². The molecule has 0 radical (unpaired) electrons. The topological polar surface area (TPSA) is 149 Å². The molecule has 4 aromatic rings. The molecule has 0 aliphatic heterocycles. The van der Waals surface area contributed by atoms with Crippen molar-refractivity contribution in [1.82, 2.24) is 14.5 Å². The predicted molar refractivity (Wildman–Crippen MR) is 147 cm³/mol. The molecule has 2 aromatic heterocycles. The third kappa shape index (κ3) is 7.27. The van der Waals surface area contributed by atoms with Crippen LogP contribution < -0.4 is 16.4 Å². The van der Waals surface area contributed by atoms with Crippen LogP contribution in [0.2, 0.25) is 10.3 Å². The quantitative estimate of drug-likeness (QED) is 0.227. The number of ether oxygens (including phenoxy) is 1. The Bertz CT molecular complexity index is 1610. The zero-order valence-electron chi connectivity index (χ0n) is 21.2. The molecule has 0 saturated heterocycles. The summed E-state index contributed by atoms with van der Waals surface area (Å²) in [6.07, 6.45) is 1.70. The highest BCUT2D eigenvalue weighted by Crippen LogP contribution is 2.29. The van der Waals surface area contributed by atoms with Gasteiger partial charge in [0, 0.05) is 11.4 Å². The number of oxazole rings is 1. The van der Waals surface area contributed by atoms with E-state index in [0.29, 0.717) is 35.3 Å². The molecule has 3 N–H and O–H groups in total. The second-order valence-corrected chi connectivity index (χ2v) is 10.4. The van der Waals surface area contributed by atoms with Gasteiger partial charge in [0.25, 0.3) is 0 Å². The van der Waals surface area contributed by atoms with E-state index in [0.717, 1.165) is 10.1 Å². The molecule has 0 aliphatic rings. The molecule has 13 heteroatoms. The van der Waals surface area contributed by atoms with Gasteiger partial charge < -0.3 is 19.6 Å². The Balaban J connectivity index is 1.65. The molecule has 1 amide bonds. The first-order valence-corrected chi connectivity index (χ1v) is 12.6. The number of aryl methyl sites for hydroxylation is 2. The Morgan fingerprint density at radius 2 is 1.90 bits per heavy atom. The average molecular weight is 574 g/mol. The molecular formula is C26H25Cl2N5O6. The van der Waals surface area contributed by atoms with Gasteiger partial charge in [-0.1, -0.05) is 23.7 Å². The van der Waals surface area contributed by atoms with E-state index in [4.69, 9.17) is 32.4 Å². The molecule has 0 unspecified atom stereocenters. The van der Waals surface area contributed by atoms with Crippen molar-refractivity contribution >= 4 is 63.6 Å². The molecule has 2 aromatic carbocycles. The zero-order chi connectivity index (χ0) is 28.3. The lowest BCUT2D eigenvalue weighted by Gasteiger charge is -2.19. The van der Waals surface area contributed by atoms with Crippen molar-refractivity contribution in [3.63, 3.8) is 0 Å². The molecule has 0 aliphatic carbocycles. The number of nitrogens with one attached hydrogen (secondary N) is 2. The number of aromatic nitrogens is 3. The number of rotatable bonds is 8. The van der Waals surface area contributed by atoms with Gasteiger partial charge in [0.1, 0.15) is 17.2 Å². The predicted octanol–water partition coefficient (Wildman–Crippen LogP) is 5.65.